The summed E-state index contributed by atoms with van der Waals surface area (Å²) in [7, 11) is 0. The first-order chi connectivity index (χ1) is 15.5. The first kappa shape index (κ1) is 21.0. The van der Waals surface area contributed by atoms with E-state index in [2.05, 4.69) is 37.4 Å². The number of nitrogens with zero attached hydrogens (tertiary/aromatic N) is 6. The molecule has 170 valence electrons. The second kappa shape index (κ2) is 8.57. The first-order valence-electron chi connectivity index (χ1n) is 10.9. The molecule has 11 heteroatoms. The Labute approximate surface area is 189 Å². The van der Waals surface area contributed by atoms with E-state index in [0.29, 0.717) is 48.0 Å². The number of anilines is 2. The third-order valence-electron chi connectivity index (χ3n) is 6.09. The minimum absolute atomic E-state index is 0.00202. The van der Waals surface area contributed by atoms with Crippen molar-refractivity contribution in [2.75, 3.05) is 23.3 Å². The maximum atomic E-state index is 13.5. The van der Waals surface area contributed by atoms with Gasteiger partial charge in [0.2, 0.25) is 11.8 Å². The fourth-order valence-corrected chi connectivity index (χ4v) is 4.82. The number of hydrogen-bond acceptors (Lipinski definition) is 8. The molecular formula is C21H25ClFN7O2. The predicted molar refractivity (Wildman–Crippen MR) is 117 cm³/mol. The number of benzene rings is 1. The summed E-state index contributed by atoms with van der Waals surface area (Å²) in [6, 6.07) is 5.44. The van der Waals surface area contributed by atoms with Crippen molar-refractivity contribution in [3.05, 3.63) is 34.9 Å². The Morgan fingerprint density at radius 3 is 2.69 bits per heavy atom. The smallest absolute Gasteiger partial charge is 0.322 e. The Balaban J connectivity index is 1.31. The summed E-state index contributed by atoms with van der Waals surface area (Å²) in [5, 5.41) is 16.3. The van der Waals surface area contributed by atoms with Gasteiger partial charge in [-0.15, -0.1) is 10.2 Å². The molecule has 3 heterocycles. The normalized spacial score (nSPS) is 22.4. The van der Waals surface area contributed by atoms with Crippen LogP contribution in [0.1, 0.15) is 32.1 Å². The van der Waals surface area contributed by atoms with Gasteiger partial charge in [0, 0.05) is 38.7 Å². The van der Waals surface area contributed by atoms with E-state index in [0.717, 1.165) is 32.4 Å². The average Bonchev–Trinajstić information content (AvgIpc) is 3.42. The number of piperidine rings is 1. The summed E-state index contributed by atoms with van der Waals surface area (Å²) in [6.45, 7) is 6.21. The zero-order valence-electron chi connectivity index (χ0n) is 18.0. The van der Waals surface area contributed by atoms with E-state index in [9.17, 15) is 4.39 Å². The monoisotopic (exact) mass is 461 g/mol. The molecule has 1 saturated heterocycles. The SMILES string of the molecule is CCCn1nc(NC2C3CC[C@H]2CN(c2nnc(C)o2)C3)nc1Oc1ccc(F)c(Cl)c1. The number of aryl methyl sites for hydroxylation is 2. The standard InChI is InChI=1S/C21H25ClFN7O2/c1-3-8-30-20(32-15-6-7-17(23)16(22)9-15)25-19(28-30)24-18-13-4-5-14(18)11-29(10-13)21-27-26-12(2)31-21/h6-7,9,13-14,18H,3-5,8,10-11H2,1-2H3,(H,24,28)/t13-,14?,18?/m0/s1. The molecule has 0 amide bonds. The van der Waals surface area contributed by atoms with Crippen LogP contribution in [0.5, 0.6) is 11.8 Å². The number of aromatic nitrogens is 5. The average molecular weight is 462 g/mol. The van der Waals surface area contributed by atoms with Crippen LogP contribution in [-0.4, -0.2) is 44.1 Å². The van der Waals surface area contributed by atoms with Crippen molar-refractivity contribution >= 4 is 23.6 Å². The van der Waals surface area contributed by atoms with Gasteiger partial charge in [-0.3, -0.25) is 0 Å². The zero-order valence-corrected chi connectivity index (χ0v) is 18.7. The highest BCUT2D eigenvalue weighted by Crippen LogP contribution is 2.40. The van der Waals surface area contributed by atoms with E-state index < -0.39 is 5.82 Å². The third kappa shape index (κ3) is 4.11. The minimum Gasteiger partial charge on any atom is -0.424 e. The molecule has 9 nitrogen and oxygen atoms in total. The molecule has 2 aliphatic rings. The van der Waals surface area contributed by atoms with Gasteiger partial charge in [-0.2, -0.15) is 4.98 Å². The van der Waals surface area contributed by atoms with Gasteiger partial charge in [0.1, 0.15) is 11.6 Å². The van der Waals surface area contributed by atoms with E-state index in [1.807, 2.05) is 0 Å². The molecule has 2 fully saturated rings. The third-order valence-corrected chi connectivity index (χ3v) is 6.38. The van der Waals surface area contributed by atoms with Gasteiger partial charge >= 0.3 is 12.0 Å². The first-order valence-corrected chi connectivity index (χ1v) is 11.3. The Hall–Kier alpha value is -2.88. The summed E-state index contributed by atoms with van der Waals surface area (Å²) in [5.41, 5.74) is 0. The van der Waals surface area contributed by atoms with Crippen LogP contribution >= 0.6 is 11.6 Å². The molecule has 2 unspecified atom stereocenters. The minimum atomic E-state index is -0.492. The van der Waals surface area contributed by atoms with Crippen LogP contribution in [0.25, 0.3) is 0 Å². The Kier molecular flexibility index (Phi) is 5.62. The van der Waals surface area contributed by atoms with Crippen molar-refractivity contribution < 1.29 is 13.5 Å². The molecule has 32 heavy (non-hydrogen) atoms. The van der Waals surface area contributed by atoms with E-state index in [1.54, 1.807) is 11.6 Å². The van der Waals surface area contributed by atoms with Crippen molar-refractivity contribution in [2.24, 2.45) is 11.8 Å². The van der Waals surface area contributed by atoms with Crippen molar-refractivity contribution in [3.63, 3.8) is 0 Å². The summed E-state index contributed by atoms with van der Waals surface area (Å²) in [6.07, 6.45) is 3.12. The Morgan fingerprint density at radius 2 is 2.03 bits per heavy atom. The second-order valence-electron chi connectivity index (χ2n) is 8.40. The van der Waals surface area contributed by atoms with Gasteiger partial charge in [-0.1, -0.05) is 23.6 Å². The molecule has 0 radical (unpaired) electrons. The topological polar surface area (TPSA) is 94.1 Å². The van der Waals surface area contributed by atoms with Crippen molar-refractivity contribution in [2.45, 2.75) is 45.7 Å². The number of rotatable bonds is 7. The maximum absolute atomic E-state index is 13.5. The molecule has 0 spiro atoms. The molecule has 5 rings (SSSR count). The highest BCUT2D eigenvalue weighted by Gasteiger charge is 2.43. The van der Waals surface area contributed by atoms with Crippen LogP contribution in [0.4, 0.5) is 16.4 Å². The molecular weight excluding hydrogens is 437 g/mol. The highest BCUT2D eigenvalue weighted by atomic mass is 35.5. The molecule has 1 aliphatic carbocycles. The molecule has 3 aromatic rings. The Bertz CT molecular complexity index is 1090. The van der Waals surface area contributed by atoms with Gasteiger partial charge < -0.3 is 19.4 Å². The summed E-state index contributed by atoms with van der Waals surface area (Å²) in [4.78, 5) is 6.75. The number of hydrogen-bond donors (Lipinski definition) is 1. The van der Waals surface area contributed by atoms with Crippen molar-refractivity contribution in [1.29, 1.82) is 0 Å². The van der Waals surface area contributed by atoms with Gasteiger partial charge in [-0.05, 0) is 43.2 Å². The van der Waals surface area contributed by atoms with E-state index in [-0.39, 0.29) is 11.1 Å². The van der Waals surface area contributed by atoms with Crippen LogP contribution < -0.4 is 15.0 Å². The molecule has 1 aromatic carbocycles. The van der Waals surface area contributed by atoms with Gasteiger partial charge in [0.15, 0.2) is 0 Å². The lowest BCUT2D eigenvalue weighted by molar-refractivity contribution is 0.357. The van der Waals surface area contributed by atoms with Crippen LogP contribution in [0.2, 0.25) is 5.02 Å². The molecule has 1 saturated carbocycles. The van der Waals surface area contributed by atoms with Crippen molar-refractivity contribution in [1.82, 2.24) is 25.0 Å². The largest absolute Gasteiger partial charge is 0.424 e. The quantitative estimate of drug-likeness (QED) is 0.556. The van der Waals surface area contributed by atoms with E-state index in [1.165, 1.54) is 18.2 Å². The predicted octanol–water partition coefficient (Wildman–Crippen LogP) is 4.29. The Morgan fingerprint density at radius 1 is 1.25 bits per heavy atom. The molecule has 2 bridgehead atoms. The van der Waals surface area contributed by atoms with Crippen LogP contribution in [0.3, 0.4) is 0 Å². The van der Waals surface area contributed by atoms with Gasteiger partial charge in [-0.25, -0.2) is 9.07 Å². The summed E-state index contributed by atoms with van der Waals surface area (Å²) >= 11 is 5.88. The van der Waals surface area contributed by atoms with Crippen molar-refractivity contribution in [3.8, 4) is 11.8 Å². The highest BCUT2D eigenvalue weighted by molar-refractivity contribution is 6.30. The maximum Gasteiger partial charge on any atom is 0.322 e. The summed E-state index contributed by atoms with van der Waals surface area (Å²) < 4.78 is 26.7. The molecule has 2 aromatic heterocycles. The molecule has 3 atom stereocenters. The zero-order chi connectivity index (χ0) is 22.2. The fraction of sp³-hybridized carbons (Fsp3) is 0.524. The van der Waals surface area contributed by atoms with Crippen LogP contribution in [0, 0.1) is 24.6 Å². The van der Waals surface area contributed by atoms with Gasteiger partial charge in [0.05, 0.1) is 5.02 Å². The lowest BCUT2D eigenvalue weighted by Gasteiger charge is -2.37. The number of fused-ring (bicyclic) bond motifs is 2. The number of nitrogens with one attached hydrogen (secondary N) is 1. The van der Waals surface area contributed by atoms with Gasteiger partial charge in [0.25, 0.3) is 0 Å². The van der Waals surface area contributed by atoms with E-state index in [4.69, 9.17) is 20.8 Å². The number of halogens is 2. The molecule has 1 aliphatic heterocycles. The number of ether oxygens (including phenoxy) is 1. The second-order valence-corrected chi connectivity index (χ2v) is 8.80. The lowest BCUT2D eigenvalue weighted by atomic mass is 9.92. The molecule has 1 N–H and O–H groups in total. The van der Waals surface area contributed by atoms with E-state index >= 15 is 0 Å². The van der Waals surface area contributed by atoms with Crippen LogP contribution in [0.15, 0.2) is 22.6 Å². The lowest BCUT2D eigenvalue weighted by Crippen LogP contribution is -2.48. The summed E-state index contributed by atoms with van der Waals surface area (Å²) in [5.74, 6) is 1.89. The fourth-order valence-electron chi connectivity index (χ4n) is 4.65. The van der Waals surface area contributed by atoms with Crippen LogP contribution in [-0.2, 0) is 6.54 Å².